The maximum absolute atomic E-state index is 12.0. The third-order valence-electron chi connectivity index (χ3n) is 3.71. The van der Waals surface area contributed by atoms with E-state index in [1.807, 2.05) is 13.8 Å². The SMILES string of the molecule is CCC(C#N)(CC)C(=O)NCCCN(C)C(C)C. The van der Waals surface area contributed by atoms with Gasteiger partial charge in [0.1, 0.15) is 5.41 Å². The molecule has 0 saturated heterocycles. The van der Waals surface area contributed by atoms with Gasteiger partial charge in [0.15, 0.2) is 0 Å². The Hall–Kier alpha value is -1.08. The van der Waals surface area contributed by atoms with Crippen LogP contribution < -0.4 is 5.32 Å². The first kappa shape index (κ1) is 16.9. The minimum atomic E-state index is -0.843. The normalized spacial score (nSPS) is 11.7. The van der Waals surface area contributed by atoms with Crippen LogP contribution in [0.3, 0.4) is 0 Å². The highest BCUT2D eigenvalue weighted by Crippen LogP contribution is 2.25. The molecular weight excluding hydrogens is 226 g/mol. The van der Waals surface area contributed by atoms with Gasteiger partial charge >= 0.3 is 0 Å². The number of hydrogen-bond donors (Lipinski definition) is 1. The second-order valence-electron chi connectivity index (χ2n) is 5.08. The van der Waals surface area contributed by atoms with Gasteiger partial charge in [0.2, 0.25) is 5.91 Å². The van der Waals surface area contributed by atoms with E-state index in [0.717, 1.165) is 13.0 Å². The largest absolute Gasteiger partial charge is 0.355 e. The summed E-state index contributed by atoms with van der Waals surface area (Å²) in [5, 5.41) is 12.0. The number of nitrogens with zero attached hydrogens (tertiary/aromatic N) is 2. The number of rotatable bonds is 8. The van der Waals surface area contributed by atoms with Crippen molar-refractivity contribution in [1.29, 1.82) is 5.26 Å². The molecule has 0 aromatic heterocycles. The highest BCUT2D eigenvalue weighted by Gasteiger charge is 2.34. The van der Waals surface area contributed by atoms with Crippen molar-refractivity contribution in [3.05, 3.63) is 0 Å². The Balaban J connectivity index is 4.08. The Kier molecular flexibility index (Phi) is 7.61. The summed E-state index contributed by atoms with van der Waals surface area (Å²) >= 11 is 0. The molecule has 0 bridgehead atoms. The maximum Gasteiger partial charge on any atom is 0.240 e. The molecule has 0 unspecified atom stereocenters. The lowest BCUT2D eigenvalue weighted by atomic mass is 9.83. The van der Waals surface area contributed by atoms with Crippen LogP contribution in [-0.4, -0.2) is 37.0 Å². The van der Waals surface area contributed by atoms with E-state index in [-0.39, 0.29) is 5.91 Å². The molecule has 0 aliphatic carbocycles. The fraction of sp³-hybridized carbons (Fsp3) is 0.857. The van der Waals surface area contributed by atoms with Crippen LogP contribution in [0, 0.1) is 16.7 Å². The molecule has 1 amide bonds. The fourth-order valence-electron chi connectivity index (χ4n) is 1.74. The molecule has 0 fully saturated rings. The molecule has 0 rings (SSSR count). The summed E-state index contributed by atoms with van der Waals surface area (Å²) in [7, 11) is 2.07. The van der Waals surface area contributed by atoms with Crippen LogP contribution in [0.1, 0.15) is 47.0 Å². The smallest absolute Gasteiger partial charge is 0.240 e. The molecule has 0 saturated carbocycles. The molecule has 4 heteroatoms. The minimum Gasteiger partial charge on any atom is -0.355 e. The molecule has 0 aromatic rings. The van der Waals surface area contributed by atoms with Crippen LogP contribution in [0.2, 0.25) is 0 Å². The number of nitriles is 1. The van der Waals surface area contributed by atoms with E-state index >= 15 is 0 Å². The van der Waals surface area contributed by atoms with Crippen molar-refractivity contribution in [3.8, 4) is 6.07 Å². The zero-order valence-corrected chi connectivity index (χ0v) is 12.4. The van der Waals surface area contributed by atoms with Crippen LogP contribution in [0.5, 0.6) is 0 Å². The topological polar surface area (TPSA) is 56.1 Å². The molecule has 0 heterocycles. The van der Waals surface area contributed by atoms with Gasteiger partial charge in [0, 0.05) is 12.6 Å². The standard InChI is InChI=1S/C14H27N3O/c1-6-14(7-2,11-15)13(18)16-9-8-10-17(5)12(3)4/h12H,6-10H2,1-5H3,(H,16,18). The van der Waals surface area contributed by atoms with Crippen LogP contribution in [0.15, 0.2) is 0 Å². The van der Waals surface area contributed by atoms with Crippen molar-refractivity contribution in [2.75, 3.05) is 20.1 Å². The van der Waals surface area contributed by atoms with Gasteiger partial charge in [0.25, 0.3) is 0 Å². The first-order valence-corrected chi connectivity index (χ1v) is 6.83. The average molecular weight is 253 g/mol. The Bertz CT molecular complexity index is 290. The first-order valence-electron chi connectivity index (χ1n) is 6.83. The molecule has 0 spiro atoms. The second-order valence-corrected chi connectivity index (χ2v) is 5.08. The van der Waals surface area contributed by atoms with E-state index < -0.39 is 5.41 Å². The van der Waals surface area contributed by atoms with E-state index in [1.165, 1.54) is 0 Å². The Morgan fingerprint density at radius 2 is 1.94 bits per heavy atom. The summed E-state index contributed by atoms with van der Waals surface area (Å²) in [6.45, 7) is 9.66. The summed E-state index contributed by atoms with van der Waals surface area (Å²) in [6.07, 6.45) is 2.05. The highest BCUT2D eigenvalue weighted by molar-refractivity contribution is 5.85. The van der Waals surface area contributed by atoms with Crippen molar-refractivity contribution in [2.45, 2.75) is 53.0 Å². The summed E-state index contributed by atoms with van der Waals surface area (Å²) in [6, 6.07) is 2.68. The molecule has 104 valence electrons. The Labute approximate surface area is 111 Å². The lowest BCUT2D eigenvalue weighted by Gasteiger charge is -2.23. The molecule has 4 nitrogen and oxygen atoms in total. The molecule has 18 heavy (non-hydrogen) atoms. The summed E-state index contributed by atoms with van der Waals surface area (Å²) < 4.78 is 0. The average Bonchev–Trinajstić information content (AvgIpc) is 2.37. The van der Waals surface area contributed by atoms with Gasteiger partial charge in [0.05, 0.1) is 6.07 Å². The summed E-state index contributed by atoms with van der Waals surface area (Å²) in [5.74, 6) is -0.123. The second kappa shape index (κ2) is 8.10. The van der Waals surface area contributed by atoms with Gasteiger partial charge in [-0.1, -0.05) is 13.8 Å². The summed E-state index contributed by atoms with van der Waals surface area (Å²) in [5.41, 5.74) is -0.843. The molecular formula is C14H27N3O. The van der Waals surface area contributed by atoms with E-state index in [2.05, 4.69) is 37.2 Å². The highest BCUT2D eigenvalue weighted by atomic mass is 16.2. The van der Waals surface area contributed by atoms with Crippen LogP contribution in [0.4, 0.5) is 0 Å². The zero-order chi connectivity index (χ0) is 14.2. The molecule has 0 radical (unpaired) electrons. The molecule has 0 atom stereocenters. The Morgan fingerprint density at radius 3 is 2.33 bits per heavy atom. The van der Waals surface area contributed by atoms with Gasteiger partial charge in [-0.05, 0) is 46.7 Å². The van der Waals surface area contributed by atoms with Gasteiger partial charge in [-0.3, -0.25) is 4.79 Å². The van der Waals surface area contributed by atoms with E-state index in [4.69, 9.17) is 5.26 Å². The number of hydrogen-bond acceptors (Lipinski definition) is 3. The lowest BCUT2D eigenvalue weighted by Crippen LogP contribution is -2.40. The minimum absolute atomic E-state index is 0.123. The van der Waals surface area contributed by atoms with Crippen LogP contribution in [0.25, 0.3) is 0 Å². The first-order chi connectivity index (χ1) is 8.43. The number of carbonyl (C=O) groups excluding carboxylic acids is 1. The molecule has 1 N–H and O–H groups in total. The number of nitrogens with one attached hydrogen (secondary N) is 1. The fourth-order valence-corrected chi connectivity index (χ4v) is 1.74. The van der Waals surface area contributed by atoms with Gasteiger partial charge in [-0.15, -0.1) is 0 Å². The van der Waals surface area contributed by atoms with Gasteiger partial charge < -0.3 is 10.2 Å². The number of carbonyl (C=O) groups is 1. The van der Waals surface area contributed by atoms with Gasteiger partial charge in [-0.25, -0.2) is 0 Å². The van der Waals surface area contributed by atoms with E-state index in [9.17, 15) is 4.79 Å². The number of amides is 1. The van der Waals surface area contributed by atoms with Gasteiger partial charge in [-0.2, -0.15) is 5.26 Å². The molecule has 0 aliphatic heterocycles. The Morgan fingerprint density at radius 1 is 1.39 bits per heavy atom. The third-order valence-corrected chi connectivity index (χ3v) is 3.71. The van der Waals surface area contributed by atoms with Crippen molar-refractivity contribution in [1.82, 2.24) is 10.2 Å². The zero-order valence-electron chi connectivity index (χ0n) is 12.4. The van der Waals surface area contributed by atoms with E-state index in [0.29, 0.717) is 25.4 Å². The third kappa shape index (κ3) is 4.66. The summed E-state index contributed by atoms with van der Waals surface area (Å²) in [4.78, 5) is 14.2. The van der Waals surface area contributed by atoms with Crippen molar-refractivity contribution >= 4 is 5.91 Å². The predicted octanol–water partition coefficient (Wildman–Crippen LogP) is 2.16. The van der Waals surface area contributed by atoms with Crippen molar-refractivity contribution in [3.63, 3.8) is 0 Å². The molecule has 0 aromatic carbocycles. The van der Waals surface area contributed by atoms with E-state index in [1.54, 1.807) is 0 Å². The monoisotopic (exact) mass is 253 g/mol. The quantitative estimate of drug-likeness (QED) is 0.674. The van der Waals surface area contributed by atoms with Crippen LogP contribution >= 0.6 is 0 Å². The predicted molar refractivity (Wildman–Crippen MR) is 74.0 cm³/mol. The van der Waals surface area contributed by atoms with Crippen molar-refractivity contribution in [2.24, 2.45) is 5.41 Å². The molecule has 0 aliphatic rings. The van der Waals surface area contributed by atoms with Crippen molar-refractivity contribution < 1.29 is 4.79 Å². The lowest BCUT2D eigenvalue weighted by molar-refractivity contribution is -0.128. The van der Waals surface area contributed by atoms with Crippen LogP contribution in [-0.2, 0) is 4.79 Å². The maximum atomic E-state index is 12.0.